The lowest BCUT2D eigenvalue weighted by Crippen LogP contribution is -2.09. The molecule has 0 atom stereocenters. The minimum Gasteiger partial charge on any atom is -0.397 e. The number of aromatic amines is 1. The highest BCUT2D eigenvalue weighted by Gasteiger charge is 2.14. The van der Waals surface area contributed by atoms with Crippen LogP contribution in [0.15, 0.2) is 53.3 Å². The maximum Gasteiger partial charge on any atom is 0.249 e. The number of fused-ring (bicyclic) bond motifs is 1. The second-order valence-corrected chi connectivity index (χ2v) is 7.29. The zero-order valence-electron chi connectivity index (χ0n) is 14.0. The number of nitrogens with one attached hydrogen (secondary N) is 2. The van der Waals surface area contributed by atoms with Gasteiger partial charge in [-0.1, -0.05) is 6.07 Å². The van der Waals surface area contributed by atoms with E-state index < -0.39 is 0 Å². The van der Waals surface area contributed by atoms with Gasteiger partial charge in [-0.3, -0.25) is 10.6 Å². The van der Waals surface area contributed by atoms with Gasteiger partial charge in [0.25, 0.3) is 0 Å². The summed E-state index contributed by atoms with van der Waals surface area (Å²) in [4.78, 5) is 21.5. The molecule has 0 aliphatic carbocycles. The smallest absolute Gasteiger partial charge is 0.249 e. The number of aromatic nitrogens is 2. The number of nitrogen functional groups attached to an aromatic ring is 2. The van der Waals surface area contributed by atoms with Gasteiger partial charge in [-0.15, -0.1) is 11.3 Å². The van der Waals surface area contributed by atoms with Crippen LogP contribution in [0.3, 0.4) is 0 Å². The molecule has 0 aliphatic rings. The molecule has 0 saturated carbocycles. The Bertz CT molecular complexity index is 1180. The Morgan fingerprint density at radius 1 is 1.12 bits per heavy atom. The molecule has 0 unspecified atom stereocenters. The lowest BCUT2D eigenvalue weighted by Gasteiger charge is -2.12. The largest absolute Gasteiger partial charge is 0.397 e. The average molecular weight is 363 g/mol. The SMILES string of the molecule is Cc1ccc(-c2nc3[nH]c(=O)ccc3cc2-c2ccc(N)c(NN)c2)s1. The number of nitrogens with zero attached hydrogens (tertiary/aromatic N) is 1. The molecular weight excluding hydrogens is 346 g/mol. The van der Waals surface area contributed by atoms with Gasteiger partial charge in [0.15, 0.2) is 0 Å². The van der Waals surface area contributed by atoms with Crippen molar-refractivity contribution in [2.45, 2.75) is 6.92 Å². The highest BCUT2D eigenvalue weighted by molar-refractivity contribution is 7.15. The fourth-order valence-electron chi connectivity index (χ4n) is 2.90. The number of rotatable bonds is 3. The first-order chi connectivity index (χ1) is 12.5. The van der Waals surface area contributed by atoms with Crippen LogP contribution in [-0.4, -0.2) is 9.97 Å². The molecule has 0 spiro atoms. The summed E-state index contributed by atoms with van der Waals surface area (Å²) >= 11 is 1.66. The molecule has 4 rings (SSSR count). The molecule has 0 fully saturated rings. The third-order valence-electron chi connectivity index (χ3n) is 4.20. The first-order valence-electron chi connectivity index (χ1n) is 8.02. The highest BCUT2D eigenvalue weighted by atomic mass is 32.1. The molecule has 3 aromatic heterocycles. The van der Waals surface area contributed by atoms with E-state index in [0.717, 1.165) is 27.1 Å². The molecule has 7 heteroatoms. The van der Waals surface area contributed by atoms with Gasteiger partial charge in [0, 0.05) is 21.9 Å². The fraction of sp³-hybridized carbons (Fsp3) is 0.0526. The van der Waals surface area contributed by atoms with Crippen LogP contribution in [0, 0.1) is 6.92 Å². The van der Waals surface area contributed by atoms with E-state index in [2.05, 4.69) is 23.4 Å². The summed E-state index contributed by atoms with van der Waals surface area (Å²) in [5.41, 5.74) is 12.9. The Morgan fingerprint density at radius 2 is 1.96 bits per heavy atom. The van der Waals surface area contributed by atoms with E-state index >= 15 is 0 Å². The van der Waals surface area contributed by atoms with Gasteiger partial charge >= 0.3 is 0 Å². The summed E-state index contributed by atoms with van der Waals surface area (Å²) in [6.07, 6.45) is 0. The fourth-order valence-corrected chi connectivity index (χ4v) is 3.77. The molecule has 0 amide bonds. The number of hydrogen-bond acceptors (Lipinski definition) is 6. The summed E-state index contributed by atoms with van der Waals surface area (Å²) in [6, 6.07) is 15.0. The Labute approximate surface area is 153 Å². The molecule has 6 nitrogen and oxygen atoms in total. The molecule has 26 heavy (non-hydrogen) atoms. The van der Waals surface area contributed by atoms with E-state index in [9.17, 15) is 4.79 Å². The second kappa shape index (κ2) is 6.29. The molecule has 130 valence electrons. The molecule has 1 aromatic carbocycles. The van der Waals surface area contributed by atoms with Gasteiger partial charge in [0.2, 0.25) is 5.56 Å². The number of H-pyrrole nitrogens is 1. The third-order valence-corrected chi connectivity index (χ3v) is 5.21. The Kier molecular flexibility index (Phi) is 3.95. The van der Waals surface area contributed by atoms with Crippen LogP contribution in [0.5, 0.6) is 0 Å². The van der Waals surface area contributed by atoms with E-state index in [1.54, 1.807) is 17.4 Å². The Morgan fingerprint density at radius 3 is 2.69 bits per heavy atom. The predicted octanol–water partition coefficient (Wildman–Crippen LogP) is 3.49. The van der Waals surface area contributed by atoms with Gasteiger partial charge in [-0.05, 0) is 48.9 Å². The standard InChI is InChI=1S/C19H17N5OS/c1-10-2-6-16(26-10)18-13(11-3-5-14(20)15(9-11)24-21)8-12-4-7-17(25)22-19(12)23-18/h2-9,24H,20-21H2,1H3,(H,22,23,25). The number of pyridine rings is 2. The van der Waals surface area contributed by atoms with Crippen LogP contribution in [0.1, 0.15) is 4.88 Å². The lowest BCUT2D eigenvalue weighted by molar-refractivity contribution is 1.24. The van der Waals surface area contributed by atoms with Crippen LogP contribution >= 0.6 is 11.3 Å². The second-order valence-electron chi connectivity index (χ2n) is 6.00. The van der Waals surface area contributed by atoms with E-state index in [0.29, 0.717) is 17.0 Å². The number of thiophene rings is 1. The summed E-state index contributed by atoms with van der Waals surface area (Å²) < 4.78 is 0. The van der Waals surface area contributed by atoms with E-state index in [1.165, 1.54) is 10.9 Å². The van der Waals surface area contributed by atoms with Crippen LogP contribution in [0.2, 0.25) is 0 Å². The zero-order chi connectivity index (χ0) is 18.3. The van der Waals surface area contributed by atoms with Gasteiger partial charge in [0.1, 0.15) is 5.65 Å². The first kappa shape index (κ1) is 16.3. The van der Waals surface area contributed by atoms with Crippen molar-refractivity contribution in [3.8, 4) is 21.7 Å². The number of hydrogen-bond donors (Lipinski definition) is 4. The monoisotopic (exact) mass is 363 g/mol. The quantitative estimate of drug-likeness (QED) is 0.253. The van der Waals surface area contributed by atoms with E-state index in [4.69, 9.17) is 16.6 Å². The molecule has 0 aliphatic heterocycles. The van der Waals surface area contributed by atoms with Crippen LogP contribution in [0.4, 0.5) is 11.4 Å². The Balaban J connectivity index is 2.03. The summed E-state index contributed by atoms with van der Waals surface area (Å²) in [6.45, 7) is 2.05. The third kappa shape index (κ3) is 2.83. The minimum atomic E-state index is -0.173. The number of anilines is 2. The van der Waals surface area contributed by atoms with Crippen molar-refractivity contribution in [3.05, 3.63) is 63.8 Å². The first-order valence-corrected chi connectivity index (χ1v) is 8.84. The Hall–Kier alpha value is -3.16. The van der Waals surface area contributed by atoms with Crippen molar-refractivity contribution in [1.82, 2.24) is 9.97 Å². The van der Waals surface area contributed by atoms with Crippen LogP contribution in [0.25, 0.3) is 32.7 Å². The molecule has 0 saturated heterocycles. The molecule has 6 N–H and O–H groups in total. The topological polar surface area (TPSA) is 110 Å². The van der Waals surface area contributed by atoms with Crippen molar-refractivity contribution in [2.24, 2.45) is 5.84 Å². The molecule has 3 heterocycles. The van der Waals surface area contributed by atoms with Crippen molar-refractivity contribution in [2.75, 3.05) is 11.2 Å². The molecule has 0 radical (unpaired) electrons. The molecule has 4 aromatic rings. The predicted molar refractivity (Wildman–Crippen MR) is 108 cm³/mol. The van der Waals surface area contributed by atoms with Crippen molar-refractivity contribution >= 4 is 33.7 Å². The van der Waals surface area contributed by atoms with Gasteiger partial charge in [0.05, 0.1) is 21.9 Å². The maximum absolute atomic E-state index is 11.7. The van der Waals surface area contributed by atoms with Crippen LogP contribution in [-0.2, 0) is 0 Å². The van der Waals surface area contributed by atoms with Crippen molar-refractivity contribution in [1.29, 1.82) is 0 Å². The summed E-state index contributed by atoms with van der Waals surface area (Å²) in [7, 11) is 0. The van der Waals surface area contributed by atoms with E-state index in [1.807, 2.05) is 30.3 Å². The van der Waals surface area contributed by atoms with Crippen LogP contribution < -0.4 is 22.6 Å². The van der Waals surface area contributed by atoms with Gasteiger partial charge < -0.3 is 16.1 Å². The zero-order valence-corrected chi connectivity index (χ0v) is 14.9. The van der Waals surface area contributed by atoms with Crippen molar-refractivity contribution < 1.29 is 0 Å². The molecule has 0 bridgehead atoms. The maximum atomic E-state index is 11.7. The van der Waals surface area contributed by atoms with Crippen molar-refractivity contribution in [3.63, 3.8) is 0 Å². The number of aryl methyl sites for hydroxylation is 1. The van der Waals surface area contributed by atoms with E-state index in [-0.39, 0.29) is 5.56 Å². The van der Waals surface area contributed by atoms with Gasteiger partial charge in [-0.2, -0.15) is 0 Å². The summed E-state index contributed by atoms with van der Waals surface area (Å²) in [5.74, 6) is 5.57. The van der Waals surface area contributed by atoms with Gasteiger partial charge in [-0.25, -0.2) is 4.98 Å². The lowest BCUT2D eigenvalue weighted by atomic mass is 10.0. The normalized spacial score (nSPS) is 11.0. The number of hydrazine groups is 1. The number of nitrogens with two attached hydrogens (primary N) is 2. The molecular formula is C19H17N5OS. The number of benzene rings is 1. The summed E-state index contributed by atoms with van der Waals surface area (Å²) in [5, 5.41) is 0.857. The highest BCUT2D eigenvalue weighted by Crippen LogP contribution is 2.37. The minimum absolute atomic E-state index is 0.173. The average Bonchev–Trinajstić information content (AvgIpc) is 3.07.